The van der Waals surface area contributed by atoms with Crippen molar-refractivity contribution in [1.29, 1.82) is 0 Å². The van der Waals surface area contributed by atoms with Crippen molar-refractivity contribution in [2.75, 3.05) is 29.5 Å². The molecule has 0 radical (unpaired) electrons. The van der Waals surface area contributed by atoms with Crippen LogP contribution >= 0.6 is 11.8 Å². The maximum Gasteiger partial charge on any atom is 0.146 e. The first-order chi connectivity index (χ1) is 8.66. The van der Waals surface area contributed by atoms with Gasteiger partial charge in [0.25, 0.3) is 0 Å². The SMILES string of the molecule is CC(N)Cc1ccc(N2CCCSCC2)c(F)c1. The van der Waals surface area contributed by atoms with Gasteiger partial charge in [-0.15, -0.1) is 0 Å². The first kappa shape index (κ1) is 13.7. The second kappa shape index (κ2) is 6.43. The van der Waals surface area contributed by atoms with Crippen LogP contribution in [0.5, 0.6) is 0 Å². The van der Waals surface area contributed by atoms with Gasteiger partial charge in [-0.25, -0.2) is 4.39 Å². The van der Waals surface area contributed by atoms with Crippen molar-refractivity contribution >= 4 is 17.4 Å². The quantitative estimate of drug-likeness (QED) is 0.914. The zero-order valence-corrected chi connectivity index (χ0v) is 11.7. The number of hydrogen-bond donors (Lipinski definition) is 1. The molecule has 1 aliphatic heterocycles. The first-order valence-corrected chi connectivity index (χ1v) is 7.69. The molecule has 0 aliphatic carbocycles. The number of rotatable bonds is 3. The Bertz CT molecular complexity index is 387. The number of thioether (sulfide) groups is 1. The van der Waals surface area contributed by atoms with E-state index >= 15 is 0 Å². The summed E-state index contributed by atoms with van der Waals surface area (Å²) in [6.45, 7) is 3.84. The van der Waals surface area contributed by atoms with E-state index in [0.29, 0.717) is 0 Å². The van der Waals surface area contributed by atoms with Crippen molar-refractivity contribution in [3.05, 3.63) is 29.6 Å². The molecule has 1 saturated heterocycles. The second-order valence-corrected chi connectivity index (χ2v) is 6.14. The summed E-state index contributed by atoms with van der Waals surface area (Å²) in [6, 6.07) is 5.62. The van der Waals surface area contributed by atoms with Gasteiger partial charge in [0.2, 0.25) is 0 Å². The molecule has 2 rings (SSSR count). The van der Waals surface area contributed by atoms with E-state index in [2.05, 4.69) is 4.90 Å². The molecule has 1 atom stereocenters. The van der Waals surface area contributed by atoms with E-state index in [0.717, 1.165) is 42.9 Å². The summed E-state index contributed by atoms with van der Waals surface area (Å²) in [4.78, 5) is 2.16. The van der Waals surface area contributed by atoms with E-state index in [1.54, 1.807) is 6.07 Å². The molecular weight excluding hydrogens is 247 g/mol. The Morgan fingerprint density at radius 2 is 2.22 bits per heavy atom. The fourth-order valence-corrected chi connectivity index (χ4v) is 3.18. The van der Waals surface area contributed by atoms with E-state index in [4.69, 9.17) is 5.73 Å². The highest BCUT2D eigenvalue weighted by atomic mass is 32.2. The average molecular weight is 268 g/mol. The monoisotopic (exact) mass is 268 g/mol. The summed E-state index contributed by atoms with van der Waals surface area (Å²) in [5.74, 6) is 2.15. The third-order valence-corrected chi connectivity index (χ3v) is 4.18. The lowest BCUT2D eigenvalue weighted by Gasteiger charge is -2.23. The molecule has 4 heteroatoms. The topological polar surface area (TPSA) is 29.3 Å². The molecule has 0 spiro atoms. The van der Waals surface area contributed by atoms with Crippen molar-refractivity contribution < 1.29 is 4.39 Å². The van der Waals surface area contributed by atoms with Gasteiger partial charge in [0, 0.05) is 24.9 Å². The predicted octanol–water partition coefficient (Wildman–Crippen LogP) is 2.66. The molecular formula is C14H21FN2S. The molecule has 1 aliphatic rings. The Morgan fingerprint density at radius 3 is 2.94 bits per heavy atom. The van der Waals surface area contributed by atoms with Gasteiger partial charge in [-0.1, -0.05) is 6.07 Å². The van der Waals surface area contributed by atoms with Gasteiger partial charge < -0.3 is 10.6 Å². The van der Waals surface area contributed by atoms with E-state index in [1.165, 1.54) is 5.75 Å². The second-order valence-electron chi connectivity index (χ2n) is 4.92. The minimum absolute atomic E-state index is 0.0739. The van der Waals surface area contributed by atoms with Crippen molar-refractivity contribution in [1.82, 2.24) is 0 Å². The maximum absolute atomic E-state index is 14.1. The number of nitrogens with two attached hydrogens (primary N) is 1. The predicted molar refractivity (Wildman–Crippen MR) is 77.9 cm³/mol. The largest absolute Gasteiger partial charge is 0.368 e. The lowest BCUT2D eigenvalue weighted by atomic mass is 10.1. The standard InChI is InChI=1S/C14H21FN2S/c1-11(16)9-12-3-4-14(13(15)10-12)17-5-2-7-18-8-6-17/h3-4,10-11H,2,5-9,16H2,1H3. The third kappa shape index (κ3) is 3.62. The molecule has 0 saturated carbocycles. The Kier molecular flexibility index (Phi) is 4.89. The number of nitrogens with zero attached hydrogens (tertiary/aromatic N) is 1. The van der Waals surface area contributed by atoms with Crippen molar-refractivity contribution in [3.63, 3.8) is 0 Å². The van der Waals surface area contributed by atoms with Crippen LogP contribution in [0.4, 0.5) is 10.1 Å². The fourth-order valence-electron chi connectivity index (χ4n) is 2.29. The van der Waals surface area contributed by atoms with Gasteiger partial charge in [0.05, 0.1) is 5.69 Å². The minimum atomic E-state index is -0.111. The van der Waals surface area contributed by atoms with Crippen LogP contribution in [0.15, 0.2) is 18.2 Å². The number of anilines is 1. The van der Waals surface area contributed by atoms with E-state index < -0.39 is 0 Å². The van der Waals surface area contributed by atoms with E-state index in [-0.39, 0.29) is 11.9 Å². The van der Waals surface area contributed by atoms with Crippen LogP contribution in [0, 0.1) is 5.82 Å². The van der Waals surface area contributed by atoms with Crippen LogP contribution in [-0.4, -0.2) is 30.6 Å². The van der Waals surface area contributed by atoms with Crippen LogP contribution < -0.4 is 10.6 Å². The van der Waals surface area contributed by atoms with Crippen LogP contribution in [0.25, 0.3) is 0 Å². The first-order valence-electron chi connectivity index (χ1n) is 6.53. The minimum Gasteiger partial charge on any atom is -0.368 e. The van der Waals surface area contributed by atoms with E-state index in [1.807, 2.05) is 30.8 Å². The summed E-state index contributed by atoms with van der Waals surface area (Å²) in [5, 5.41) is 0. The summed E-state index contributed by atoms with van der Waals surface area (Å²) >= 11 is 1.95. The van der Waals surface area contributed by atoms with Crippen molar-refractivity contribution in [2.45, 2.75) is 25.8 Å². The zero-order chi connectivity index (χ0) is 13.0. The molecule has 0 amide bonds. The molecule has 0 bridgehead atoms. The molecule has 2 N–H and O–H groups in total. The number of benzene rings is 1. The van der Waals surface area contributed by atoms with Crippen LogP contribution in [0.2, 0.25) is 0 Å². The van der Waals surface area contributed by atoms with Crippen LogP contribution in [0.1, 0.15) is 18.9 Å². The van der Waals surface area contributed by atoms with Gasteiger partial charge >= 0.3 is 0 Å². The van der Waals surface area contributed by atoms with Gasteiger partial charge in [0.1, 0.15) is 5.82 Å². The summed E-state index contributed by atoms with van der Waals surface area (Å²) < 4.78 is 14.1. The van der Waals surface area contributed by atoms with Crippen LogP contribution in [0.3, 0.4) is 0 Å². The summed E-state index contributed by atoms with van der Waals surface area (Å²) in [5.41, 5.74) is 7.46. The zero-order valence-electron chi connectivity index (χ0n) is 10.9. The maximum atomic E-state index is 14.1. The van der Waals surface area contributed by atoms with Crippen molar-refractivity contribution in [3.8, 4) is 0 Å². The van der Waals surface area contributed by atoms with Gasteiger partial charge in [0.15, 0.2) is 0 Å². The summed E-state index contributed by atoms with van der Waals surface area (Å²) in [7, 11) is 0. The smallest absolute Gasteiger partial charge is 0.146 e. The molecule has 1 aromatic carbocycles. The van der Waals surface area contributed by atoms with Crippen molar-refractivity contribution in [2.24, 2.45) is 5.73 Å². The molecule has 1 fully saturated rings. The Balaban J connectivity index is 2.12. The fraction of sp³-hybridized carbons (Fsp3) is 0.571. The van der Waals surface area contributed by atoms with Crippen LogP contribution in [-0.2, 0) is 6.42 Å². The lowest BCUT2D eigenvalue weighted by Crippen LogP contribution is -2.26. The molecule has 1 unspecified atom stereocenters. The molecule has 100 valence electrons. The average Bonchev–Trinajstić information content (AvgIpc) is 2.57. The Morgan fingerprint density at radius 1 is 1.39 bits per heavy atom. The highest BCUT2D eigenvalue weighted by Crippen LogP contribution is 2.23. The molecule has 18 heavy (non-hydrogen) atoms. The normalized spacial score (nSPS) is 18.5. The number of hydrogen-bond acceptors (Lipinski definition) is 3. The highest BCUT2D eigenvalue weighted by Gasteiger charge is 2.14. The highest BCUT2D eigenvalue weighted by molar-refractivity contribution is 7.99. The molecule has 2 nitrogen and oxygen atoms in total. The van der Waals surface area contributed by atoms with Gasteiger partial charge in [-0.2, -0.15) is 11.8 Å². The van der Waals surface area contributed by atoms with E-state index in [9.17, 15) is 4.39 Å². The Hall–Kier alpha value is -0.740. The molecule has 0 aromatic heterocycles. The molecule has 1 heterocycles. The van der Waals surface area contributed by atoms with Gasteiger partial charge in [-0.3, -0.25) is 0 Å². The number of halogens is 1. The third-order valence-electron chi connectivity index (χ3n) is 3.13. The Labute approximate surface area is 113 Å². The molecule has 1 aromatic rings. The lowest BCUT2D eigenvalue weighted by molar-refractivity contribution is 0.614. The summed E-state index contributed by atoms with van der Waals surface area (Å²) in [6.07, 6.45) is 1.86. The van der Waals surface area contributed by atoms with Gasteiger partial charge in [-0.05, 0) is 43.2 Å².